The van der Waals surface area contributed by atoms with Crippen LogP contribution >= 0.6 is 0 Å². The molecule has 1 aliphatic heterocycles. The molecule has 0 saturated carbocycles. The van der Waals surface area contributed by atoms with Gasteiger partial charge in [0.25, 0.3) is 0 Å². The minimum absolute atomic E-state index is 0.468. The van der Waals surface area contributed by atoms with Crippen molar-refractivity contribution in [1.82, 2.24) is 0 Å². The first-order valence-corrected chi connectivity index (χ1v) is 5.63. The Hall–Kier alpha value is -0.980. The molecule has 0 radical (unpaired) electrons. The minimum atomic E-state index is -1.10. The van der Waals surface area contributed by atoms with Crippen molar-refractivity contribution in [2.45, 2.75) is 51.1 Å². The van der Waals surface area contributed by atoms with Gasteiger partial charge in [-0.2, -0.15) is 0 Å². The lowest BCUT2D eigenvalue weighted by molar-refractivity contribution is -0.316. The second-order valence-corrected chi connectivity index (χ2v) is 4.12. The second-order valence-electron chi connectivity index (χ2n) is 4.12. The van der Waals surface area contributed by atoms with E-state index in [1.54, 1.807) is 6.92 Å². The van der Waals surface area contributed by atoms with Crippen molar-refractivity contribution in [1.29, 1.82) is 0 Å². The average Bonchev–Trinajstić information content (AvgIpc) is 2.53. The molecule has 1 rings (SSSR count). The van der Waals surface area contributed by atoms with Crippen LogP contribution in [0.4, 0.5) is 0 Å². The molecule has 90 valence electrons. The number of rotatable bonds is 5. The molecule has 0 aliphatic carbocycles. The average molecular weight is 224 g/mol. The summed E-state index contributed by atoms with van der Waals surface area (Å²) in [5.74, 6) is 2.02. The van der Waals surface area contributed by atoms with Crippen molar-refractivity contribution >= 4 is 0 Å². The van der Waals surface area contributed by atoms with E-state index in [1.807, 2.05) is 0 Å². The maximum absolute atomic E-state index is 5.71. The van der Waals surface area contributed by atoms with Gasteiger partial charge >= 0.3 is 5.97 Å². The lowest BCUT2D eigenvalue weighted by atomic mass is 9.95. The van der Waals surface area contributed by atoms with Gasteiger partial charge in [-0.3, -0.25) is 4.74 Å². The summed E-state index contributed by atoms with van der Waals surface area (Å²) in [4.78, 5) is 0. The van der Waals surface area contributed by atoms with Gasteiger partial charge in [-0.25, -0.2) is 0 Å². The van der Waals surface area contributed by atoms with Gasteiger partial charge in [0.1, 0.15) is 5.76 Å². The first-order valence-electron chi connectivity index (χ1n) is 5.63. The van der Waals surface area contributed by atoms with E-state index in [0.717, 1.165) is 25.7 Å². The summed E-state index contributed by atoms with van der Waals surface area (Å²) >= 11 is 0. The largest absolute Gasteiger partial charge is 0.440 e. The van der Waals surface area contributed by atoms with Crippen LogP contribution in [0.3, 0.4) is 0 Å². The lowest BCUT2D eigenvalue weighted by Crippen LogP contribution is -2.34. The van der Waals surface area contributed by atoms with Crippen LogP contribution in [0.15, 0.2) is 12.3 Å². The summed E-state index contributed by atoms with van der Waals surface area (Å²) in [7, 11) is 1.52. The fourth-order valence-corrected chi connectivity index (χ4v) is 1.78. The summed E-state index contributed by atoms with van der Waals surface area (Å²) < 4.78 is 16.3. The van der Waals surface area contributed by atoms with Crippen LogP contribution in [0, 0.1) is 12.3 Å². The predicted molar refractivity (Wildman–Crippen MR) is 62.4 cm³/mol. The molecule has 0 aromatic heterocycles. The molecule has 2 atom stereocenters. The van der Waals surface area contributed by atoms with Gasteiger partial charge in [-0.15, -0.1) is 6.42 Å². The van der Waals surface area contributed by atoms with Crippen LogP contribution in [0.2, 0.25) is 0 Å². The van der Waals surface area contributed by atoms with Gasteiger partial charge in [-0.05, 0) is 12.8 Å². The summed E-state index contributed by atoms with van der Waals surface area (Å²) in [6.45, 7) is 7.66. The SMILES string of the molecule is C#CC1(CCCCC)OC(C)(OC)OC1=C. The van der Waals surface area contributed by atoms with Gasteiger partial charge in [0.2, 0.25) is 0 Å². The van der Waals surface area contributed by atoms with E-state index in [9.17, 15) is 0 Å². The summed E-state index contributed by atoms with van der Waals surface area (Å²) in [6.07, 6.45) is 9.50. The molecule has 0 aromatic rings. The highest BCUT2D eigenvalue weighted by Crippen LogP contribution is 2.41. The molecule has 0 aromatic carbocycles. The molecule has 0 amide bonds. The van der Waals surface area contributed by atoms with Crippen LogP contribution < -0.4 is 0 Å². The summed E-state index contributed by atoms with van der Waals surface area (Å²) in [5.41, 5.74) is -0.833. The fourth-order valence-electron chi connectivity index (χ4n) is 1.78. The van der Waals surface area contributed by atoms with Crippen molar-refractivity contribution in [2.75, 3.05) is 7.11 Å². The van der Waals surface area contributed by atoms with Crippen LogP contribution in [0.25, 0.3) is 0 Å². The predicted octanol–water partition coefficient (Wildman–Crippen LogP) is 2.82. The Kier molecular flexibility index (Phi) is 4.01. The van der Waals surface area contributed by atoms with Crippen molar-refractivity contribution in [3.8, 4) is 12.3 Å². The van der Waals surface area contributed by atoms with Crippen molar-refractivity contribution in [2.24, 2.45) is 0 Å². The molecule has 16 heavy (non-hydrogen) atoms. The van der Waals surface area contributed by atoms with E-state index in [2.05, 4.69) is 19.4 Å². The van der Waals surface area contributed by atoms with Crippen molar-refractivity contribution < 1.29 is 14.2 Å². The maximum Gasteiger partial charge on any atom is 0.325 e. The number of methoxy groups -OCH3 is 1. The van der Waals surface area contributed by atoms with Crippen LogP contribution in [-0.4, -0.2) is 18.7 Å². The third-order valence-electron chi connectivity index (χ3n) is 2.85. The highest BCUT2D eigenvalue weighted by molar-refractivity contribution is 5.26. The number of ether oxygens (including phenoxy) is 3. The zero-order chi connectivity index (χ0) is 12.2. The molecule has 3 nitrogen and oxygen atoms in total. The molecule has 0 spiro atoms. The van der Waals surface area contributed by atoms with Crippen LogP contribution in [-0.2, 0) is 14.2 Å². The van der Waals surface area contributed by atoms with E-state index in [-0.39, 0.29) is 0 Å². The van der Waals surface area contributed by atoms with E-state index in [1.165, 1.54) is 7.11 Å². The maximum atomic E-state index is 5.71. The van der Waals surface area contributed by atoms with Gasteiger partial charge in [0, 0.05) is 14.0 Å². The van der Waals surface area contributed by atoms with Crippen LogP contribution in [0.1, 0.15) is 39.5 Å². The highest BCUT2D eigenvalue weighted by atomic mass is 16.9. The molecule has 0 bridgehead atoms. The third-order valence-corrected chi connectivity index (χ3v) is 2.85. The molecule has 1 heterocycles. The van der Waals surface area contributed by atoms with Crippen LogP contribution in [0.5, 0.6) is 0 Å². The molecular weight excluding hydrogens is 204 g/mol. The Balaban J connectivity index is 2.74. The van der Waals surface area contributed by atoms with Gasteiger partial charge < -0.3 is 9.47 Å². The molecule has 1 saturated heterocycles. The Morgan fingerprint density at radius 3 is 2.62 bits per heavy atom. The monoisotopic (exact) mass is 224 g/mol. The normalized spacial score (nSPS) is 33.5. The second kappa shape index (κ2) is 4.90. The van der Waals surface area contributed by atoms with E-state index in [0.29, 0.717) is 5.76 Å². The number of unbranched alkanes of at least 4 members (excludes halogenated alkanes) is 2. The zero-order valence-corrected chi connectivity index (χ0v) is 10.3. The lowest BCUT2D eigenvalue weighted by Gasteiger charge is -2.23. The molecule has 1 fully saturated rings. The van der Waals surface area contributed by atoms with Crippen molar-refractivity contribution in [3.63, 3.8) is 0 Å². The molecule has 2 unspecified atom stereocenters. The van der Waals surface area contributed by atoms with Gasteiger partial charge in [-0.1, -0.05) is 32.3 Å². The highest BCUT2D eigenvalue weighted by Gasteiger charge is 2.51. The quantitative estimate of drug-likeness (QED) is 0.531. The van der Waals surface area contributed by atoms with E-state index in [4.69, 9.17) is 20.6 Å². The Morgan fingerprint density at radius 2 is 2.19 bits per heavy atom. The topological polar surface area (TPSA) is 27.7 Å². The Morgan fingerprint density at radius 1 is 1.50 bits per heavy atom. The number of hydrogen-bond acceptors (Lipinski definition) is 3. The van der Waals surface area contributed by atoms with Crippen molar-refractivity contribution in [3.05, 3.63) is 12.3 Å². The minimum Gasteiger partial charge on any atom is -0.440 e. The molecule has 3 heteroatoms. The molecule has 0 N–H and O–H groups in total. The molecule has 1 aliphatic rings. The fraction of sp³-hybridized carbons (Fsp3) is 0.692. The first-order chi connectivity index (χ1) is 7.52. The smallest absolute Gasteiger partial charge is 0.325 e. The standard InChI is InChI=1S/C13H20O3/c1-6-8-9-10-13(7-2)11(3)15-12(4,14-5)16-13/h2H,3,6,8-10H2,1,4-5H3. The zero-order valence-electron chi connectivity index (χ0n) is 10.3. The summed E-state index contributed by atoms with van der Waals surface area (Å²) in [6, 6.07) is 0. The van der Waals surface area contributed by atoms with Gasteiger partial charge in [0.15, 0.2) is 5.60 Å². The third kappa shape index (κ3) is 2.40. The summed E-state index contributed by atoms with van der Waals surface area (Å²) in [5, 5.41) is 0. The Labute approximate surface area is 97.8 Å². The Bertz CT molecular complexity index is 305. The number of hydrogen-bond donors (Lipinski definition) is 0. The molecular formula is C13H20O3. The first kappa shape index (κ1) is 13.1. The number of terminal acetylenes is 1. The van der Waals surface area contributed by atoms with E-state index >= 15 is 0 Å². The van der Waals surface area contributed by atoms with Gasteiger partial charge in [0.05, 0.1) is 0 Å². The van der Waals surface area contributed by atoms with E-state index < -0.39 is 11.6 Å².